The zero-order valence-electron chi connectivity index (χ0n) is 11.8. The van der Waals surface area contributed by atoms with Gasteiger partial charge < -0.3 is 25.4 Å². The summed E-state index contributed by atoms with van der Waals surface area (Å²) >= 11 is 0. The highest BCUT2D eigenvalue weighted by molar-refractivity contribution is 5.87. The minimum absolute atomic E-state index is 0.0491. The minimum Gasteiger partial charge on any atom is -0.477 e. The van der Waals surface area contributed by atoms with Gasteiger partial charge >= 0.3 is 12.1 Å². The number of nitrogens with zero attached hydrogens (tertiary/aromatic N) is 3. The van der Waals surface area contributed by atoms with Crippen LogP contribution < -0.4 is 10.6 Å². The number of anilines is 2. The summed E-state index contributed by atoms with van der Waals surface area (Å²) in [4.78, 5) is 30.1. The molecule has 1 aromatic heterocycles. The Morgan fingerprint density at radius 1 is 1.33 bits per heavy atom. The van der Waals surface area contributed by atoms with Gasteiger partial charge in [0.25, 0.3) is 0 Å². The van der Waals surface area contributed by atoms with E-state index in [9.17, 15) is 9.59 Å². The maximum Gasteiger partial charge on any atom is 0.409 e. The first-order valence-corrected chi connectivity index (χ1v) is 6.69. The van der Waals surface area contributed by atoms with Crippen molar-refractivity contribution in [2.75, 3.05) is 43.4 Å². The van der Waals surface area contributed by atoms with E-state index in [0.717, 1.165) is 0 Å². The lowest BCUT2D eigenvalue weighted by molar-refractivity contribution is 0.0690. The molecule has 0 aliphatic carbocycles. The monoisotopic (exact) mass is 294 g/mol. The molecule has 0 aromatic carbocycles. The first-order valence-electron chi connectivity index (χ1n) is 6.69. The van der Waals surface area contributed by atoms with Crippen LogP contribution in [-0.4, -0.2) is 59.8 Å². The molecule has 1 aliphatic rings. The van der Waals surface area contributed by atoms with Crippen LogP contribution in [-0.2, 0) is 4.74 Å². The van der Waals surface area contributed by atoms with Gasteiger partial charge in [-0.25, -0.2) is 14.6 Å². The zero-order valence-corrected chi connectivity index (χ0v) is 11.8. The summed E-state index contributed by atoms with van der Waals surface area (Å²) in [5, 5.41) is 8.98. The summed E-state index contributed by atoms with van der Waals surface area (Å²) in [6.45, 7) is 4.12. The van der Waals surface area contributed by atoms with Crippen molar-refractivity contribution in [1.82, 2.24) is 9.88 Å². The van der Waals surface area contributed by atoms with Gasteiger partial charge in [-0.2, -0.15) is 0 Å². The fourth-order valence-corrected chi connectivity index (χ4v) is 2.15. The van der Waals surface area contributed by atoms with Crippen molar-refractivity contribution >= 4 is 23.6 Å². The molecule has 1 aliphatic heterocycles. The maximum absolute atomic E-state index is 11.6. The van der Waals surface area contributed by atoms with Crippen LogP contribution in [0.25, 0.3) is 0 Å². The second kappa shape index (κ2) is 6.29. The molecular formula is C13H18N4O4. The number of carboxylic acid groups (broad SMARTS) is 1. The number of nitrogen functional groups attached to an aromatic ring is 1. The Morgan fingerprint density at radius 2 is 2.00 bits per heavy atom. The average Bonchev–Trinajstić information content (AvgIpc) is 2.48. The molecule has 114 valence electrons. The number of carboxylic acids is 1. The maximum atomic E-state index is 11.6. The van der Waals surface area contributed by atoms with E-state index in [0.29, 0.717) is 44.3 Å². The van der Waals surface area contributed by atoms with Crippen LogP contribution in [0.2, 0.25) is 0 Å². The van der Waals surface area contributed by atoms with Crippen LogP contribution in [0, 0.1) is 0 Å². The van der Waals surface area contributed by atoms with E-state index in [4.69, 9.17) is 15.6 Å². The van der Waals surface area contributed by atoms with Crippen molar-refractivity contribution in [1.29, 1.82) is 0 Å². The number of aromatic carboxylic acids is 1. The van der Waals surface area contributed by atoms with Crippen LogP contribution in [0.3, 0.4) is 0 Å². The summed E-state index contributed by atoms with van der Waals surface area (Å²) in [6, 6.07) is 2.90. The summed E-state index contributed by atoms with van der Waals surface area (Å²) in [7, 11) is 0. The van der Waals surface area contributed by atoms with Gasteiger partial charge in [0.05, 0.1) is 12.3 Å². The molecule has 21 heavy (non-hydrogen) atoms. The van der Waals surface area contributed by atoms with Gasteiger partial charge in [-0.05, 0) is 19.1 Å². The Bertz CT molecular complexity index is 541. The molecule has 0 unspecified atom stereocenters. The molecular weight excluding hydrogens is 276 g/mol. The molecule has 2 rings (SSSR count). The SMILES string of the molecule is CCOC(=O)N1CCN(c2nc(C(=O)O)ccc2N)CC1. The first-order chi connectivity index (χ1) is 10.0. The van der Waals surface area contributed by atoms with Crippen LogP contribution in [0.15, 0.2) is 12.1 Å². The summed E-state index contributed by atoms with van der Waals surface area (Å²) < 4.78 is 4.95. The quantitative estimate of drug-likeness (QED) is 0.841. The van der Waals surface area contributed by atoms with Gasteiger partial charge in [0.1, 0.15) is 0 Å². The lowest BCUT2D eigenvalue weighted by Crippen LogP contribution is -2.49. The van der Waals surface area contributed by atoms with Crippen LogP contribution in [0.1, 0.15) is 17.4 Å². The predicted octanol–water partition coefficient (Wildman–Crippen LogP) is 0.640. The number of ether oxygens (including phenoxy) is 1. The van der Waals surface area contributed by atoms with Crippen LogP contribution in [0.4, 0.5) is 16.3 Å². The Hall–Kier alpha value is -2.51. The Labute approximate surface area is 122 Å². The number of aromatic nitrogens is 1. The van der Waals surface area contributed by atoms with Crippen molar-refractivity contribution in [3.8, 4) is 0 Å². The zero-order chi connectivity index (χ0) is 15.4. The van der Waals surface area contributed by atoms with Gasteiger partial charge in [0, 0.05) is 26.2 Å². The Morgan fingerprint density at radius 3 is 2.57 bits per heavy atom. The molecule has 8 heteroatoms. The lowest BCUT2D eigenvalue weighted by atomic mass is 10.2. The van der Waals surface area contributed by atoms with E-state index in [2.05, 4.69) is 4.98 Å². The fraction of sp³-hybridized carbons (Fsp3) is 0.462. The molecule has 1 saturated heterocycles. The third kappa shape index (κ3) is 3.33. The number of pyridine rings is 1. The number of amides is 1. The topological polar surface area (TPSA) is 109 Å². The van der Waals surface area contributed by atoms with E-state index in [1.54, 1.807) is 11.8 Å². The van der Waals surface area contributed by atoms with Crippen molar-refractivity contribution in [3.05, 3.63) is 17.8 Å². The number of piperazine rings is 1. The molecule has 0 spiro atoms. The standard InChI is InChI=1S/C13H18N4O4/c1-2-21-13(20)17-7-5-16(6-8-17)11-9(14)3-4-10(15-11)12(18)19/h3-4H,2,5-8,14H2,1H3,(H,18,19). The highest BCUT2D eigenvalue weighted by Crippen LogP contribution is 2.22. The summed E-state index contributed by atoms with van der Waals surface area (Å²) in [5.74, 6) is -0.653. The van der Waals surface area contributed by atoms with Gasteiger partial charge in [-0.1, -0.05) is 0 Å². The van der Waals surface area contributed by atoms with E-state index in [1.165, 1.54) is 12.1 Å². The van der Waals surface area contributed by atoms with Crippen molar-refractivity contribution in [2.45, 2.75) is 6.92 Å². The highest BCUT2D eigenvalue weighted by atomic mass is 16.6. The Kier molecular flexibility index (Phi) is 4.46. The first kappa shape index (κ1) is 14.9. The lowest BCUT2D eigenvalue weighted by Gasteiger charge is -2.35. The predicted molar refractivity (Wildman–Crippen MR) is 76.4 cm³/mol. The van der Waals surface area contributed by atoms with E-state index in [-0.39, 0.29) is 11.8 Å². The highest BCUT2D eigenvalue weighted by Gasteiger charge is 2.24. The van der Waals surface area contributed by atoms with Crippen LogP contribution >= 0.6 is 0 Å². The smallest absolute Gasteiger partial charge is 0.409 e. The van der Waals surface area contributed by atoms with Gasteiger partial charge in [0.2, 0.25) is 0 Å². The molecule has 2 heterocycles. The third-order valence-electron chi connectivity index (χ3n) is 3.23. The minimum atomic E-state index is -1.10. The number of hydrogen-bond acceptors (Lipinski definition) is 6. The van der Waals surface area contributed by atoms with Crippen molar-refractivity contribution in [3.63, 3.8) is 0 Å². The molecule has 0 atom stereocenters. The number of rotatable bonds is 3. The van der Waals surface area contributed by atoms with Crippen molar-refractivity contribution < 1.29 is 19.4 Å². The fourth-order valence-electron chi connectivity index (χ4n) is 2.15. The average molecular weight is 294 g/mol. The molecule has 1 fully saturated rings. The van der Waals surface area contributed by atoms with Crippen LogP contribution in [0.5, 0.6) is 0 Å². The molecule has 1 amide bonds. The third-order valence-corrected chi connectivity index (χ3v) is 3.23. The van der Waals surface area contributed by atoms with Gasteiger partial charge in [-0.3, -0.25) is 0 Å². The van der Waals surface area contributed by atoms with E-state index >= 15 is 0 Å². The number of nitrogens with two attached hydrogens (primary N) is 1. The van der Waals surface area contributed by atoms with E-state index in [1.807, 2.05) is 4.90 Å². The second-order valence-corrected chi connectivity index (χ2v) is 4.59. The molecule has 3 N–H and O–H groups in total. The van der Waals surface area contributed by atoms with E-state index < -0.39 is 5.97 Å². The molecule has 8 nitrogen and oxygen atoms in total. The normalized spacial score (nSPS) is 14.9. The molecule has 0 bridgehead atoms. The molecule has 0 radical (unpaired) electrons. The Balaban J connectivity index is 2.07. The summed E-state index contributed by atoms with van der Waals surface area (Å²) in [6.07, 6.45) is -0.336. The number of carbonyl (C=O) groups excluding carboxylic acids is 1. The number of hydrogen-bond donors (Lipinski definition) is 2. The summed E-state index contributed by atoms with van der Waals surface area (Å²) in [5.41, 5.74) is 6.23. The largest absolute Gasteiger partial charge is 0.477 e. The van der Waals surface area contributed by atoms with Crippen molar-refractivity contribution in [2.24, 2.45) is 0 Å². The molecule has 1 aromatic rings. The molecule has 0 saturated carbocycles. The van der Waals surface area contributed by atoms with Gasteiger partial charge in [-0.15, -0.1) is 0 Å². The van der Waals surface area contributed by atoms with Gasteiger partial charge in [0.15, 0.2) is 11.5 Å². The number of carbonyl (C=O) groups is 2. The second-order valence-electron chi connectivity index (χ2n) is 4.59.